The van der Waals surface area contributed by atoms with E-state index < -0.39 is 11.2 Å². The molecule has 0 unspecified atom stereocenters. The van der Waals surface area contributed by atoms with Gasteiger partial charge in [0.05, 0.1) is 12.1 Å². The Morgan fingerprint density at radius 2 is 1.94 bits per heavy atom. The largest absolute Gasteiger partial charge is 0.459 e. The van der Waals surface area contributed by atoms with Gasteiger partial charge in [-0.2, -0.15) is 0 Å². The number of carbonyl (C=O) groups excluding carboxylic acids is 1. The second-order valence-corrected chi connectivity index (χ2v) is 6.60. The predicted octanol–water partition coefficient (Wildman–Crippen LogP) is 1.86. The molecule has 0 radical (unpaired) electrons. The van der Waals surface area contributed by atoms with Gasteiger partial charge in [-0.05, 0) is 52.4 Å². The molecule has 0 bridgehead atoms. The molecule has 0 saturated heterocycles. The molecule has 1 aliphatic rings. The first-order chi connectivity index (χ1) is 8.20. The van der Waals surface area contributed by atoms with Gasteiger partial charge in [-0.15, -0.1) is 0 Å². The fourth-order valence-electron chi connectivity index (χ4n) is 2.25. The van der Waals surface area contributed by atoms with Crippen LogP contribution in [-0.4, -0.2) is 35.4 Å². The van der Waals surface area contributed by atoms with Gasteiger partial charge in [-0.3, -0.25) is 4.79 Å². The van der Waals surface area contributed by atoms with Crippen LogP contribution in [0.25, 0.3) is 0 Å². The molecule has 4 nitrogen and oxygen atoms in total. The number of carbonyl (C=O) groups is 1. The smallest absolute Gasteiger partial charge is 0.320 e. The Balaban J connectivity index is 2.23. The molecule has 1 fully saturated rings. The van der Waals surface area contributed by atoms with Gasteiger partial charge in [-0.1, -0.05) is 6.92 Å². The third-order valence-electron chi connectivity index (χ3n) is 3.35. The van der Waals surface area contributed by atoms with E-state index in [1.165, 1.54) is 0 Å². The summed E-state index contributed by atoms with van der Waals surface area (Å²) in [5, 5.41) is 13.3. The standard InChI is InChI=1S/C14H27NO3/c1-11-5-7-14(17,8-6-11)10-15-9-12(16)18-13(2,3)4/h11,15,17H,5-10H2,1-4H3. The van der Waals surface area contributed by atoms with E-state index in [4.69, 9.17) is 4.74 Å². The monoisotopic (exact) mass is 257 g/mol. The van der Waals surface area contributed by atoms with Crippen molar-refractivity contribution in [3.05, 3.63) is 0 Å². The van der Waals surface area contributed by atoms with Crippen molar-refractivity contribution < 1.29 is 14.6 Å². The number of esters is 1. The van der Waals surface area contributed by atoms with E-state index in [-0.39, 0.29) is 12.5 Å². The molecule has 0 aromatic carbocycles. The third-order valence-corrected chi connectivity index (χ3v) is 3.35. The van der Waals surface area contributed by atoms with E-state index in [0.717, 1.165) is 25.7 Å². The van der Waals surface area contributed by atoms with Crippen LogP contribution in [0, 0.1) is 5.92 Å². The summed E-state index contributed by atoms with van der Waals surface area (Å²) < 4.78 is 5.19. The van der Waals surface area contributed by atoms with Crippen molar-refractivity contribution in [2.45, 2.75) is 64.6 Å². The number of ether oxygens (including phenoxy) is 1. The van der Waals surface area contributed by atoms with E-state index in [0.29, 0.717) is 12.5 Å². The molecule has 106 valence electrons. The summed E-state index contributed by atoms with van der Waals surface area (Å²) in [5.74, 6) is 0.436. The lowest BCUT2D eigenvalue weighted by atomic mass is 9.79. The fourth-order valence-corrected chi connectivity index (χ4v) is 2.25. The van der Waals surface area contributed by atoms with E-state index in [9.17, 15) is 9.90 Å². The lowest BCUT2D eigenvalue weighted by Crippen LogP contribution is -2.45. The fraction of sp³-hybridized carbons (Fsp3) is 0.929. The number of nitrogens with one attached hydrogen (secondary N) is 1. The Kier molecular flexibility index (Phi) is 5.17. The molecule has 0 atom stereocenters. The van der Waals surface area contributed by atoms with E-state index in [1.807, 2.05) is 20.8 Å². The summed E-state index contributed by atoms with van der Waals surface area (Å²) in [6, 6.07) is 0. The highest BCUT2D eigenvalue weighted by Gasteiger charge is 2.31. The first-order valence-electron chi connectivity index (χ1n) is 6.85. The van der Waals surface area contributed by atoms with Crippen LogP contribution < -0.4 is 5.32 Å². The first kappa shape index (κ1) is 15.4. The summed E-state index contributed by atoms with van der Waals surface area (Å²) in [4.78, 5) is 11.5. The average Bonchev–Trinajstić information content (AvgIpc) is 2.20. The van der Waals surface area contributed by atoms with Crippen molar-refractivity contribution in [3.8, 4) is 0 Å². The number of aliphatic hydroxyl groups is 1. The van der Waals surface area contributed by atoms with E-state index in [1.54, 1.807) is 0 Å². The van der Waals surface area contributed by atoms with Crippen LogP contribution in [0.2, 0.25) is 0 Å². The molecule has 1 rings (SSSR count). The third kappa shape index (κ3) is 5.83. The second-order valence-electron chi connectivity index (χ2n) is 6.60. The van der Waals surface area contributed by atoms with Crippen molar-refractivity contribution in [1.82, 2.24) is 5.32 Å². The summed E-state index contributed by atoms with van der Waals surface area (Å²) in [6.07, 6.45) is 3.75. The van der Waals surface area contributed by atoms with Gasteiger partial charge in [0.2, 0.25) is 0 Å². The van der Waals surface area contributed by atoms with Gasteiger partial charge in [0.15, 0.2) is 0 Å². The van der Waals surface area contributed by atoms with Gasteiger partial charge < -0.3 is 15.2 Å². The van der Waals surface area contributed by atoms with E-state index >= 15 is 0 Å². The summed E-state index contributed by atoms with van der Waals surface area (Å²) in [5.41, 5.74) is -1.09. The highest BCUT2D eigenvalue weighted by atomic mass is 16.6. The first-order valence-corrected chi connectivity index (χ1v) is 6.85. The lowest BCUT2D eigenvalue weighted by molar-refractivity contribution is -0.153. The zero-order valence-electron chi connectivity index (χ0n) is 12.1. The zero-order valence-corrected chi connectivity index (χ0v) is 12.1. The van der Waals surface area contributed by atoms with Crippen molar-refractivity contribution in [2.75, 3.05) is 13.1 Å². The summed E-state index contributed by atoms with van der Waals surface area (Å²) in [7, 11) is 0. The molecule has 0 aromatic heterocycles. The van der Waals surface area contributed by atoms with Crippen LogP contribution in [0.4, 0.5) is 0 Å². The molecule has 1 saturated carbocycles. The molecule has 0 aromatic rings. The Bertz CT molecular complexity index is 275. The highest BCUT2D eigenvalue weighted by molar-refractivity contribution is 5.72. The molecular weight excluding hydrogens is 230 g/mol. The Morgan fingerprint density at radius 3 is 2.44 bits per heavy atom. The predicted molar refractivity (Wildman–Crippen MR) is 71.3 cm³/mol. The quantitative estimate of drug-likeness (QED) is 0.755. The molecular formula is C14H27NO3. The van der Waals surface area contributed by atoms with Crippen molar-refractivity contribution in [3.63, 3.8) is 0 Å². The minimum absolute atomic E-state index is 0.162. The number of rotatable bonds is 4. The number of hydrogen-bond acceptors (Lipinski definition) is 4. The topological polar surface area (TPSA) is 58.6 Å². The van der Waals surface area contributed by atoms with Crippen LogP contribution in [0.3, 0.4) is 0 Å². The summed E-state index contributed by atoms with van der Waals surface area (Å²) in [6.45, 7) is 8.39. The minimum atomic E-state index is -0.644. The maximum atomic E-state index is 11.5. The second kappa shape index (κ2) is 6.02. The molecule has 0 amide bonds. The van der Waals surface area contributed by atoms with Gasteiger partial charge in [0.1, 0.15) is 5.60 Å². The minimum Gasteiger partial charge on any atom is -0.459 e. The van der Waals surface area contributed by atoms with Crippen molar-refractivity contribution in [1.29, 1.82) is 0 Å². The molecule has 1 aliphatic carbocycles. The molecule has 0 spiro atoms. The highest BCUT2D eigenvalue weighted by Crippen LogP contribution is 2.31. The molecule has 2 N–H and O–H groups in total. The van der Waals surface area contributed by atoms with E-state index in [2.05, 4.69) is 12.2 Å². The number of hydrogen-bond donors (Lipinski definition) is 2. The van der Waals surface area contributed by atoms with Crippen molar-refractivity contribution in [2.24, 2.45) is 5.92 Å². The van der Waals surface area contributed by atoms with Crippen LogP contribution in [-0.2, 0) is 9.53 Å². The average molecular weight is 257 g/mol. The zero-order chi connectivity index (χ0) is 13.8. The Labute approximate surface area is 110 Å². The van der Waals surface area contributed by atoms with Gasteiger partial charge in [0.25, 0.3) is 0 Å². The molecule has 4 heteroatoms. The molecule has 0 aliphatic heterocycles. The Morgan fingerprint density at radius 1 is 1.39 bits per heavy atom. The van der Waals surface area contributed by atoms with Crippen LogP contribution in [0.1, 0.15) is 53.4 Å². The normalized spacial score (nSPS) is 29.1. The van der Waals surface area contributed by atoms with Crippen LogP contribution in [0.5, 0.6) is 0 Å². The van der Waals surface area contributed by atoms with Gasteiger partial charge in [-0.25, -0.2) is 0 Å². The van der Waals surface area contributed by atoms with Crippen LogP contribution in [0.15, 0.2) is 0 Å². The SMILES string of the molecule is CC1CCC(O)(CNCC(=O)OC(C)(C)C)CC1. The van der Waals surface area contributed by atoms with Gasteiger partial charge >= 0.3 is 5.97 Å². The molecule has 18 heavy (non-hydrogen) atoms. The van der Waals surface area contributed by atoms with Gasteiger partial charge in [0, 0.05) is 6.54 Å². The summed E-state index contributed by atoms with van der Waals surface area (Å²) >= 11 is 0. The molecule has 0 heterocycles. The Hall–Kier alpha value is -0.610. The van der Waals surface area contributed by atoms with Crippen LogP contribution >= 0.6 is 0 Å². The maximum absolute atomic E-state index is 11.5. The van der Waals surface area contributed by atoms with Crippen molar-refractivity contribution >= 4 is 5.97 Å². The maximum Gasteiger partial charge on any atom is 0.320 e. The lowest BCUT2D eigenvalue weighted by Gasteiger charge is -2.35.